The van der Waals surface area contributed by atoms with Crippen LogP contribution >= 0.6 is 0 Å². The van der Waals surface area contributed by atoms with Crippen LogP contribution in [0.1, 0.15) is 11.1 Å². The molecule has 0 bridgehead atoms. The van der Waals surface area contributed by atoms with Crippen molar-refractivity contribution in [3.63, 3.8) is 0 Å². The summed E-state index contributed by atoms with van der Waals surface area (Å²) in [7, 11) is 3.03. The highest BCUT2D eigenvalue weighted by Gasteiger charge is 2.28. The minimum absolute atomic E-state index is 0.0790. The zero-order valence-corrected chi connectivity index (χ0v) is 14.8. The van der Waals surface area contributed by atoms with Crippen LogP contribution < -0.4 is 19.5 Å². The molecule has 9 heteroatoms. The third-order valence-corrected chi connectivity index (χ3v) is 3.52. The first-order valence-electron chi connectivity index (χ1n) is 7.93. The second-order valence-electron chi connectivity index (χ2n) is 5.54. The molecule has 2 aromatic rings. The van der Waals surface area contributed by atoms with Crippen LogP contribution in [-0.4, -0.2) is 37.9 Å². The zero-order chi connectivity index (χ0) is 19.9. The molecule has 0 unspecified atom stereocenters. The number of halogens is 3. The molecule has 0 atom stereocenters. The number of nitrogens with one attached hydrogen (secondary N) is 1. The number of rotatable bonds is 8. The van der Waals surface area contributed by atoms with Gasteiger partial charge >= 0.3 is 6.18 Å². The fourth-order valence-electron chi connectivity index (χ4n) is 2.23. The first-order chi connectivity index (χ1) is 12.8. The van der Waals surface area contributed by atoms with Gasteiger partial charge in [0.25, 0.3) is 0 Å². The van der Waals surface area contributed by atoms with Gasteiger partial charge in [-0.1, -0.05) is 6.07 Å². The largest absolute Gasteiger partial charge is 0.497 e. The number of nitrogens with zero attached hydrogens (tertiary/aromatic N) is 1. The Morgan fingerprint density at radius 3 is 2.59 bits per heavy atom. The molecule has 1 amide bonds. The highest BCUT2D eigenvalue weighted by Crippen LogP contribution is 2.25. The lowest BCUT2D eigenvalue weighted by atomic mass is 10.1. The molecule has 1 aromatic carbocycles. The van der Waals surface area contributed by atoms with Crippen molar-refractivity contribution >= 4 is 5.91 Å². The standard InChI is InChI=1S/C18H19F3N2O4/c1-25-14-4-3-13(15(9-14)26-2)8-16(24)23-10-12-5-6-22-17(7-12)27-11-18(19,20)21/h3-7,9H,8,10-11H2,1-2H3,(H,23,24). The molecule has 1 N–H and O–H groups in total. The molecule has 0 aliphatic heterocycles. The third-order valence-electron chi connectivity index (χ3n) is 3.52. The molecule has 0 saturated carbocycles. The lowest BCUT2D eigenvalue weighted by Gasteiger charge is -2.11. The van der Waals surface area contributed by atoms with Gasteiger partial charge in [0.2, 0.25) is 11.8 Å². The molecule has 1 heterocycles. The lowest BCUT2D eigenvalue weighted by molar-refractivity contribution is -0.154. The van der Waals surface area contributed by atoms with Gasteiger partial charge in [0.1, 0.15) is 11.5 Å². The van der Waals surface area contributed by atoms with Gasteiger partial charge in [-0.2, -0.15) is 13.2 Å². The topological polar surface area (TPSA) is 69.7 Å². The van der Waals surface area contributed by atoms with Crippen molar-refractivity contribution in [3.8, 4) is 17.4 Å². The number of hydrogen-bond donors (Lipinski definition) is 1. The van der Waals surface area contributed by atoms with Crippen molar-refractivity contribution in [2.24, 2.45) is 0 Å². The number of methoxy groups -OCH3 is 2. The van der Waals surface area contributed by atoms with Crippen molar-refractivity contribution in [2.75, 3.05) is 20.8 Å². The maximum absolute atomic E-state index is 12.2. The Labute approximate surface area is 154 Å². The van der Waals surface area contributed by atoms with Gasteiger partial charge in [0.15, 0.2) is 6.61 Å². The average Bonchev–Trinajstić information content (AvgIpc) is 2.65. The SMILES string of the molecule is COc1ccc(CC(=O)NCc2ccnc(OCC(F)(F)F)c2)c(OC)c1. The molecule has 1 aromatic heterocycles. The summed E-state index contributed by atoms with van der Waals surface area (Å²) < 4.78 is 51.5. The lowest BCUT2D eigenvalue weighted by Crippen LogP contribution is -2.25. The van der Waals surface area contributed by atoms with Crippen molar-refractivity contribution < 1.29 is 32.2 Å². The molecule has 0 radical (unpaired) electrons. The van der Waals surface area contributed by atoms with E-state index >= 15 is 0 Å². The van der Waals surface area contributed by atoms with E-state index < -0.39 is 12.8 Å². The Balaban J connectivity index is 1.92. The van der Waals surface area contributed by atoms with Crippen LogP contribution in [-0.2, 0) is 17.8 Å². The van der Waals surface area contributed by atoms with Crippen LogP contribution in [0, 0.1) is 0 Å². The fraction of sp³-hybridized carbons (Fsp3) is 0.333. The predicted molar refractivity (Wildman–Crippen MR) is 90.9 cm³/mol. The van der Waals surface area contributed by atoms with Gasteiger partial charge in [-0.05, 0) is 17.7 Å². The highest BCUT2D eigenvalue weighted by atomic mass is 19.4. The molecular formula is C18H19F3N2O4. The molecule has 0 aliphatic rings. The van der Waals surface area contributed by atoms with Gasteiger partial charge < -0.3 is 19.5 Å². The number of carbonyl (C=O) groups is 1. The molecule has 6 nitrogen and oxygen atoms in total. The maximum Gasteiger partial charge on any atom is 0.422 e. The Morgan fingerprint density at radius 2 is 1.93 bits per heavy atom. The van der Waals surface area contributed by atoms with Crippen molar-refractivity contribution in [1.82, 2.24) is 10.3 Å². The summed E-state index contributed by atoms with van der Waals surface area (Å²) in [5.41, 5.74) is 1.25. The number of hydrogen-bond acceptors (Lipinski definition) is 5. The summed E-state index contributed by atoms with van der Waals surface area (Å²) in [5.74, 6) is 0.708. The van der Waals surface area contributed by atoms with Gasteiger partial charge in [-0.3, -0.25) is 4.79 Å². The van der Waals surface area contributed by atoms with Crippen molar-refractivity contribution in [1.29, 1.82) is 0 Å². The minimum atomic E-state index is -4.44. The number of carbonyl (C=O) groups excluding carboxylic acids is 1. The highest BCUT2D eigenvalue weighted by molar-refractivity contribution is 5.79. The van der Waals surface area contributed by atoms with Crippen molar-refractivity contribution in [3.05, 3.63) is 47.7 Å². The first-order valence-corrected chi connectivity index (χ1v) is 7.93. The first kappa shape index (κ1) is 20.3. The van der Waals surface area contributed by atoms with Gasteiger partial charge in [0.05, 0.1) is 20.6 Å². The number of amides is 1. The van der Waals surface area contributed by atoms with Crippen molar-refractivity contribution in [2.45, 2.75) is 19.1 Å². The molecule has 27 heavy (non-hydrogen) atoms. The molecule has 0 spiro atoms. The summed E-state index contributed by atoms with van der Waals surface area (Å²) in [4.78, 5) is 15.9. The van der Waals surface area contributed by atoms with E-state index in [1.165, 1.54) is 26.5 Å². The smallest absolute Gasteiger partial charge is 0.422 e. The Bertz CT molecular complexity index is 781. The molecule has 146 valence electrons. The second-order valence-corrected chi connectivity index (χ2v) is 5.54. The van der Waals surface area contributed by atoms with Gasteiger partial charge in [-0.25, -0.2) is 4.98 Å². The van der Waals surface area contributed by atoms with Gasteiger partial charge in [0, 0.05) is 30.4 Å². The number of alkyl halides is 3. The summed E-state index contributed by atoms with van der Waals surface area (Å²) in [6.07, 6.45) is -3.04. The summed E-state index contributed by atoms with van der Waals surface area (Å²) in [6, 6.07) is 8.05. The summed E-state index contributed by atoms with van der Waals surface area (Å²) >= 11 is 0. The third kappa shape index (κ3) is 6.69. The Kier molecular flexibility index (Phi) is 6.86. The number of benzene rings is 1. The van der Waals surface area contributed by atoms with Crippen LogP contribution in [0.15, 0.2) is 36.5 Å². The van der Waals surface area contributed by atoms with E-state index in [-0.39, 0.29) is 24.8 Å². The quantitative estimate of drug-likeness (QED) is 0.758. The zero-order valence-electron chi connectivity index (χ0n) is 14.8. The molecule has 0 saturated heterocycles. The van der Waals surface area contributed by atoms with E-state index in [1.54, 1.807) is 24.3 Å². The Hall–Kier alpha value is -2.97. The Morgan fingerprint density at radius 1 is 1.15 bits per heavy atom. The van der Waals surface area contributed by atoms with Crippen LogP contribution in [0.4, 0.5) is 13.2 Å². The maximum atomic E-state index is 12.2. The van der Waals surface area contributed by atoms with E-state index in [1.807, 2.05) is 0 Å². The van der Waals surface area contributed by atoms with Crippen LogP contribution in [0.5, 0.6) is 17.4 Å². The summed E-state index contributed by atoms with van der Waals surface area (Å²) in [5, 5.41) is 2.70. The fourth-order valence-corrected chi connectivity index (χ4v) is 2.23. The number of aromatic nitrogens is 1. The summed E-state index contributed by atoms with van der Waals surface area (Å²) in [6.45, 7) is -1.30. The van der Waals surface area contributed by atoms with Gasteiger partial charge in [-0.15, -0.1) is 0 Å². The second kappa shape index (κ2) is 9.11. The van der Waals surface area contributed by atoms with Crippen LogP contribution in [0.25, 0.3) is 0 Å². The number of ether oxygens (including phenoxy) is 3. The molecule has 2 rings (SSSR count). The van der Waals surface area contributed by atoms with E-state index in [2.05, 4.69) is 15.0 Å². The van der Waals surface area contributed by atoms with Crippen LogP contribution in [0.2, 0.25) is 0 Å². The number of pyridine rings is 1. The monoisotopic (exact) mass is 384 g/mol. The average molecular weight is 384 g/mol. The normalized spacial score (nSPS) is 11.0. The predicted octanol–water partition coefficient (Wildman–Crippen LogP) is 2.90. The van der Waals surface area contributed by atoms with E-state index in [4.69, 9.17) is 9.47 Å². The van der Waals surface area contributed by atoms with E-state index in [0.29, 0.717) is 22.6 Å². The molecular weight excluding hydrogens is 365 g/mol. The van der Waals surface area contributed by atoms with E-state index in [9.17, 15) is 18.0 Å². The van der Waals surface area contributed by atoms with E-state index in [0.717, 1.165) is 0 Å². The molecule has 0 aliphatic carbocycles. The molecule has 0 fully saturated rings. The minimum Gasteiger partial charge on any atom is -0.497 e. The van der Waals surface area contributed by atoms with Crippen LogP contribution in [0.3, 0.4) is 0 Å².